The maximum Gasteiger partial charge on any atom is 0.410 e. The van der Waals surface area contributed by atoms with Gasteiger partial charge in [-0.2, -0.15) is 0 Å². The van der Waals surface area contributed by atoms with Crippen LogP contribution in [0.1, 0.15) is 91.0 Å². The number of carbonyl (C=O) groups is 2. The lowest BCUT2D eigenvalue weighted by Gasteiger charge is -2.27. The summed E-state index contributed by atoms with van der Waals surface area (Å²) < 4.78 is 17.4. The second-order valence-corrected chi connectivity index (χ2v) is 14.2. The summed E-state index contributed by atoms with van der Waals surface area (Å²) in [5.41, 5.74) is 2.41. The van der Waals surface area contributed by atoms with Crippen LogP contribution in [0.25, 0.3) is 22.5 Å². The molecule has 0 bridgehead atoms. The van der Waals surface area contributed by atoms with Crippen LogP contribution >= 0.6 is 0 Å². The quantitative estimate of drug-likeness (QED) is 0.217. The number of hydrogen-bond acceptors (Lipinski definition) is 7. The first kappa shape index (κ1) is 32.2. The van der Waals surface area contributed by atoms with Gasteiger partial charge in [-0.15, -0.1) is 0 Å². The molecule has 0 saturated carbocycles. The van der Waals surface area contributed by atoms with Gasteiger partial charge in [-0.3, -0.25) is 9.80 Å². The molecule has 11 heteroatoms. The zero-order valence-electron chi connectivity index (χ0n) is 28.0. The molecule has 2 atom stereocenters. The van der Waals surface area contributed by atoms with Crippen molar-refractivity contribution >= 4 is 12.2 Å². The normalized spacial score (nSPS) is 18.4. The van der Waals surface area contributed by atoms with Gasteiger partial charge in [-0.25, -0.2) is 19.6 Å². The number of ether oxygens (including phenoxy) is 3. The molecule has 2 aromatic heterocycles. The summed E-state index contributed by atoms with van der Waals surface area (Å²) in [6.07, 6.45) is 6.51. The van der Waals surface area contributed by atoms with E-state index < -0.39 is 11.2 Å². The molecule has 248 valence electrons. The maximum absolute atomic E-state index is 12.8. The highest BCUT2D eigenvalue weighted by Gasteiger charge is 2.36. The van der Waals surface area contributed by atoms with E-state index >= 15 is 0 Å². The topological polar surface area (TPSA) is 126 Å². The summed E-state index contributed by atoms with van der Waals surface area (Å²) in [4.78, 5) is 45.2. The van der Waals surface area contributed by atoms with E-state index in [4.69, 9.17) is 19.2 Å². The fourth-order valence-corrected chi connectivity index (χ4v) is 6.04. The molecule has 2 aliphatic heterocycles. The molecule has 2 amide bonds. The molecule has 4 aromatic rings. The number of benzene rings is 2. The zero-order chi connectivity index (χ0) is 33.3. The maximum atomic E-state index is 12.8. The summed E-state index contributed by atoms with van der Waals surface area (Å²) >= 11 is 0. The van der Waals surface area contributed by atoms with Crippen LogP contribution in [0.4, 0.5) is 9.59 Å². The smallest absolute Gasteiger partial charge is 0.410 e. The third kappa shape index (κ3) is 7.61. The number of imidazole rings is 2. The molecule has 2 fully saturated rings. The van der Waals surface area contributed by atoms with Crippen LogP contribution in [0.2, 0.25) is 0 Å². The molecular formula is C36H44N6O5. The van der Waals surface area contributed by atoms with Crippen LogP contribution in [0.15, 0.2) is 60.9 Å². The van der Waals surface area contributed by atoms with Gasteiger partial charge in [0, 0.05) is 30.4 Å². The number of rotatable bonds is 6. The first-order valence-corrected chi connectivity index (χ1v) is 16.3. The molecule has 4 heterocycles. The van der Waals surface area contributed by atoms with Crippen LogP contribution in [-0.4, -0.2) is 66.2 Å². The third-order valence-corrected chi connectivity index (χ3v) is 8.12. The van der Waals surface area contributed by atoms with Crippen LogP contribution in [0.3, 0.4) is 0 Å². The van der Waals surface area contributed by atoms with Gasteiger partial charge in [-0.05, 0) is 104 Å². The van der Waals surface area contributed by atoms with Crippen molar-refractivity contribution in [3.05, 3.63) is 72.6 Å². The summed E-state index contributed by atoms with van der Waals surface area (Å²) in [5.74, 6) is 2.89. The van der Waals surface area contributed by atoms with Gasteiger partial charge in [0.25, 0.3) is 0 Å². The van der Waals surface area contributed by atoms with Crippen molar-refractivity contribution in [3.8, 4) is 34.0 Å². The van der Waals surface area contributed by atoms with Gasteiger partial charge in [0.1, 0.15) is 34.3 Å². The first-order valence-electron chi connectivity index (χ1n) is 16.3. The van der Waals surface area contributed by atoms with Crippen molar-refractivity contribution in [2.24, 2.45) is 0 Å². The lowest BCUT2D eigenvalue weighted by molar-refractivity contribution is 0.0208. The molecule has 11 nitrogen and oxygen atoms in total. The second kappa shape index (κ2) is 12.8. The van der Waals surface area contributed by atoms with Gasteiger partial charge in [0.15, 0.2) is 0 Å². The second-order valence-electron chi connectivity index (χ2n) is 14.2. The van der Waals surface area contributed by atoms with Gasteiger partial charge in [-0.1, -0.05) is 12.1 Å². The standard InChI is InChI=1S/C36H44N6O5/c1-35(2,3)46-33(43)41-18-8-12-29(41)31-37-21-27(39-31)23-14-16-25(17-15-23)45-26-11-7-10-24(20-26)28-22-38-32(40-28)30-13-9-19-42(30)34(44)47-36(4,5)6/h7,10-11,14-17,20-22,29-30H,8-9,12-13,18-19H2,1-6H3,(H,37,39)(H,38,40)/t29-,30+/m0/s1. The summed E-state index contributed by atoms with van der Waals surface area (Å²) in [6.45, 7) is 12.5. The van der Waals surface area contributed by atoms with Crippen molar-refractivity contribution in [3.63, 3.8) is 0 Å². The molecule has 2 aromatic carbocycles. The SMILES string of the molecule is CC(C)(C)OC(=O)N1CCC[C@@H]1c1ncc(-c2cccc(Oc3ccc(-c4c[nH]c([C@@H]5CCCN5C(=O)OC(C)(C)C)n4)cc3)c2)[nH]1. The van der Waals surface area contributed by atoms with Gasteiger partial charge < -0.3 is 24.2 Å². The number of nitrogens with one attached hydrogen (secondary N) is 2. The Morgan fingerprint density at radius 1 is 0.787 bits per heavy atom. The van der Waals surface area contributed by atoms with E-state index in [0.717, 1.165) is 59.8 Å². The zero-order valence-corrected chi connectivity index (χ0v) is 28.0. The molecule has 0 aliphatic carbocycles. The average molecular weight is 641 g/mol. The van der Waals surface area contributed by atoms with E-state index in [1.54, 1.807) is 16.0 Å². The van der Waals surface area contributed by atoms with Gasteiger partial charge >= 0.3 is 12.2 Å². The van der Waals surface area contributed by atoms with Gasteiger partial charge in [0.2, 0.25) is 0 Å². The van der Waals surface area contributed by atoms with E-state index in [9.17, 15) is 9.59 Å². The Bertz CT molecular complexity index is 1710. The van der Waals surface area contributed by atoms with Crippen LogP contribution in [-0.2, 0) is 9.47 Å². The molecule has 0 radical (unpaired) electrons. The minimum atomic E-state index is -0.552. The Balaban J connectivity index is 1.10. The predicted octanol–water partition coefficient (Wildman–Crippen LogP) is 8.40. The van der Waals surface area contributed by atoms with Crippen LogP contribution < -0.4 is 4.74 Å². The molecule has 2 N–H and O–H groups in total. The monoisotopic (exact) mass is 640 g/mol. The first-order chi connectivity index (χ1) is 22.3. The number of aromatic amines is 2. The highest BCUT2D eigenvalue weighted by atomic mass is 16.6. The fraction of sp³-hybridized carbons (Fsp3) is 0.444. The number of carbonyl (C=O) groups excluding carboxylic acids is 2. The molecular weight excluding hydrogens is 596 g/mol. The Morgan fingerprint density at radius 2 is 1.40 bits per heavy atom. The number of H-pyrrole nitrogens is 2. The predicted molar refractivity (Wildman–Crippen MR) is 178 cm³/mol. The number of aromatic nitrogens is 4. The van der Waals surface area contributed by atoms with Crippen molar-refractivity contribution in [1.82, 2.24) is 29.7 Å². The van der Waals surface area contributed by atoms with Crippen molar-refractivity contribution in [2.75, 3.05) is 13.1 Å². The van der Waals surface area contributed by atoms with E-state index in [1.807, 2.05) is 96.3 Å². The highest BCUT2D eigenvalue weighted by Crippen LogP contribution is 2.35. The Hall–Kier alpha value is -4.80. The van der Waals surface area contributed by atoms with E-state index in [-0.39, 0.29) is 24.3 Å². The highest BCUT2D eigenvalue weighted by molar-refractivity contribution is 5.70. The van der Waals surface area contributed by atoms with Gasteiger partial charge in [0.05, 0.1) is 29.7 Å². The lowest BCUT2D eigenvalue weighted by Crippen LogP contribution is -2.36. The molecule has 2 aliphatic rings. The molecule has 0 spiro atoms. The third-order valence-electron chi connectivity index (χ3n) is 8.12. The largest absolute Gasteiger partial charge is 0.457 e. The number of hydrogen-bond donors (Lipinski definition) is 2. The Morgan fingerprint density at radius 3 is 2.02 bits per heavy atom. The average Bonchev–Trinajstić information content (AvgIpc) is 3.82. The number of amides is 2. The van der Waals surface area contributed by atoms with Crippen molar-refractivity contribution in [1.29, 1.82) is 0 Å². The lowest BCUT2D eigenvalue weighted by atomic mass is 10.1. The van der Waals surface area contributed by atoms with Crippen LogP contribution in [0, 0.1) is 0 Å². The van der Waals surface area contributed by atoms with Crippen molar-refractivity contribution in [2.45, 2.75) is 90.5 Å². The van der Waals surface area contributed by atoms with E-state index in [1.165, 1.54) is 0 Å². The fourth-order valence-electron chi connectivity index (χ4n) is 6.04. The summed E-state index contributed by atoms with van der Waals surface area (Å²) in [5, 5.41) is 0. The van der Waals surface area contributed by atoms with Crippen LogP contribution in [0.5, 0.6) is 11.5 Å². The summed E-state index contributed by atoms with van der Waals surface area (Å²) in [6, 6.07) is 15.3. The number of nitrogens with zero attached hydrogens (tertiary/aromatic N) is 4. The summed E-state index contributed by atoms with van der Waals surface area (Å²) in [7, 11) is 0. The minimum absolute atomic E-state index is 0.137. The Kier molecular flexibility index (Phi) is 8.74. The minimum Gasteiger partial charge on any atom is -0.457 e. The Labute approximate surface area is 275 Å². The van der Waals surface area contributed by atoms with Crippen molar-refractivity contribution < 1.29 is 23.8 Å². The number of likely N-dealkylation sites (tertiary alicyclic amines) is 2. The molecule has 47 heavy (non-hydrogen) atoms. The molecule has 0 unspecified atom stereocenters. The molecule has 6 rings (SSSR count). The molecule has 2 saturated heterocycles. The van der Waals surface area contributed by atoms with E-state index in [0.29, 0.717) is 24.6 Å². The van der Waals surface area contributed by atoms with E-state index in [2.05, 4.69) is 15.0 Å².